The molecule has 3 rings (SSSR count). The van der Waals surface area contributed by atoms with Gasteiger partial charge in [0.2, 0.25) is 0 Å². The van der Waals surface area contributed by atoms with Gasteiger partial charge < -0.3 is 10.1 Å². The molecule has 7 heteroatoms. The van der Waals surface area contributed by atoms with Crippen LogP contribution in [0.2, 0.25) is 10.0 Å². The third-order valence-corrected chi connectivity index (χ3v) is 5.00. The molecule has 0 saturated carbocycles. The van der Waals surface area contributed by atoms with Crippen LogP contribution in [0.1, 0.15) is 0 Å². The van der Waals surface area contributed by atoms with Crippen LogP contribution in [0.15, 0.2) is 41.2 Å². The Hall–Kier alpha value is 0.396. The van der Waals surface area contributed by atoms with Crippen LogP contribution in [0.3, 0.4) is 0 Å². The number of H-pyrrole nitrogens is 1. The van der Waals surface area contributed by atoms with Gasteiger partial charge in [0.25, 0.3) is 5.56 Å². The molecule has 1 aromatic heterocycles. The van der Waals surface area contributed by atoms with Crippen LogP contribution in [0.4, 0.5) is 0 Å². The number of halogens is 3. The molecule has 0 unspecified atom stereocenters. The molecule has 0 radical (unpaired) electrons. The molecule has 3 aromatic rings. The van der Waals surface area contributed by atoms with Gasteiger partial charge in [-0.15, -0.1) is 0 Å². The smallest absolute Gasteiger partial charge is 0.871 e. The van der Waals surface area contributed by atoms with Crippen LogP contribution in [0, 0.1) is 3.57 Å². The average molecular weight is 470 g/mol. The van der Waals surface area contributed by atoms with Gasteiger partial charge >= 0.3 is 51.4 Å². The summed E-state index contributed by atoms with van der Waals surface area (Å²) >= 11 is 14.2. The minimum atomic E-state index is -0.474. The maximum atomic E-state index is 12.6. The van der Waals surface area contributed by atoms with Crippen molar-refractivity contribution in [2.45, 2.75) is 0 Å². The second kappa shape index (κ2) is 7.52. The van der Waals surface area contributed by atoms with E-state index in [2.05, 4.69) is 4.98 Å². The van der Waals surface area contributed by atoms with Crippen molar-refractivity contribution in [1.82, 2.24) is 4.98 Å². The molecule has 1 N–H and O–H groups in total. The third-order valence-electron chi connectivity index (χ3n) is 3.15. The van der Waals surface area contributed by atoms with Crippen LogP contribution in [-0.4, -0.2) is 4.98 Å². The van der Waals surface area contributed by atoms with Crippen molar-refractivity contribution in [2.24, 2.45) is 0 Å². The maximum Gasteiger partial charge on any atom is 1.00 e. The van der Waals surface area contributed by atoms with Crippen LogP contribution in [-0.2, 0) is 0 Å². The first-order valence-corrected chi connectivity index (χ1v) is 7.79. The van der Waals surface area contributed by atoms with Crippen molar-refractivity contribution in [3.63, 3.8) is 0 Å². The van der Waals surface area contributed by atoms with E-state index in [0.29, 0.717) is 26.5 Å². The first kappa shape index (κ1) is 18.7. The maximum absolute atomic E-state index is 12.6. The van der Waals surface area contributed by atoms with Crippen molar-refractivity contribution < 1.29 is 56.5 Å². The molecule has 0 spiro atoms. The summed E-state index contributed by atoms with van der Waals surface area (Å²) in [5.74, 6) is -0.351. The van der Waals surface area contributed by atoms with E-state index >= 15 is 0 Å². The number of pyridine rings is 1. The minimum Gasteiger partial charge on any atom is -0.871 e. The first-order chi connectivity index (χ1) is 9.99. The summed E-state index contributed by atoms with van der Waals surface area (Å²) in [7, 11) is 0. The van der Waals surface area contributed by atoms with Crippen molar-refractivity contribution in [3.05, 3.63) is 60.4 Å². The third kappa shape index (κ3) is 3.42. The molecule has 0 aliphatic carbocycles. The monoisotopic (exact) mass is 469 g/mol. The summed E-state index contributed by atoms with van der Waals surface area (Å²) in [6, 6.07) is 10.0. The summed E-state index contributed by atoms with van der Waals surface area (Å²) in [6.45, 7) is 0. The Morgan fingerprint density at radius 1 is 1.09 bits per heavy atom. The molecule has 1 heterocycles. The number of aromatic nitrogens is 1. The number of benzene rings is 2. The standard InChI is InChI=1S/C15H8Cl2INO2.K/c16-9-4-2-1-3-7(9)13-14(20)8-5-11(18)10(17)6-12(8)19-15(13)21;/h1-6H,(H2,19,20,21);/q;+1/p-1. The van der Waals surface area contributed by atoms with E-state index < -0.39 is 5.56 Å². The zero-order chi connectivity index (χ0) is 15.1. The van der Waals surface area contributed by atoms with Crippen molar-refractivity contribution in [2.75, 3.05) is 0 Å². The van der Waals surface area contributed by atoms with Gasteiger partial charge in [0.1, 0.15) is 0 Å². The number of fused-ring (bicyclic) bond motifs is 1. The van der Waals surface area contributed by atoms with Gasteiger partial charge in [0.15, 0.2) is 0 Å². The van der Waals surface area contributed by atoms with Crippen LogP contribution in [0.25, 0.3) is 22.0 Å². The molecule has 0 atom stereocenters. The van der Waals surface area contributed by atoms with Crippen LogP contribution in [0.5, 0.6) is 5.75 Å². The van der Waals surface area contributed by atoms with E-state index in [4.69, 9.17) is 23.2 Å². The van der Waals surface area contributed by atoms with Gasteiger partial charge in [-0.1, -0.05) is 47.2 Å². The molecule has 0 saturated heterocycles. The quantitative estimate of drug-likeness (QED) is 0.430. The predicted molar refractivity (Wildman–Crippen MR) is 92.2 cm³/mol. The first-order valence-electron chi connectivity index (χ1n) is 5.96. The molecule has 0 bridgehead atoms. The molecule has 0 fully saturated rings. The Morgan fingerprint density at radius 3 is 2.45 bits per heavy atom. The Morgan fingerprint density at radius 2 is 1.77 bits per heavy atom. The molecule has 22 heavy (non-hydrogen) atoms. The second-order valence-corrected chi connectivity index (χ2v) is 6.43. The number of hydrogen-bond acceptors (Lipinski definition) is 2. The van der Waals surface area contributed by atoms with E-state index in [0.717, 1.165) is 3.57 Å². The normalized spacial score (nSPS) is 10.5. The number of hydrogen-bond donors (Lipinski definition) is 1. The molecule has 0 aliphatic heterocycles. The average Bonchev–Trinajstić information content (AvgIpc) is 2.43. The molecule has 0 aliphatic rings. The van der Waals surface area contributed by atoms with Gasteiger partial charge in [-0.2, -0.15) is 0 Å². The summed E-state index contributed by atoms with van der Waals surface area (Å²) in [6.07, 6.45) is 0. The number of nitrogens with one attached hydrogen (secondary N) is 1. The van der Waals surface area contributed by atoms with E-state index in [1.54, 1.807) is 36.4 Å². The SMILES string of the molecule is O=c1[nH]c2cc(Cl)c(I)cc2c([O-])c1-c1ccccc1Cl.[K+]. The van der Waals surface area contributed by atoms with Gasteiger partial charge in [-0.3, -0.25) is 4.79 Å². The minimum absolute atomic E-state index is 0. The van der Waals surface area contributed by atoms with E-state index in [1.807, 2.05) is 22.6 Å². The Bertz CT molecular complexity index is 927. The summed E-state index contributed by atoms with van der Waals surface area (Å²) < 4.78 is 0.746. The van der Waals surface area contributed by atoms with Gasteiger partial charge in [-0.25, -0.2) is 0 Å². The summed E-state index contributed by atoms with van der Waals surface area (Å²) in [5, 5.41) is 13.9. The molecule has 0 amide bonds. The van der Waals surface area contributed by atoms with Gasteiger partial charge in [-0.05, 0) is 46.2 Å². The zero-order valence-electron chi connectivity index (χ0n) is 11.4. The van der Waals surface area contributed by atoms with E-state index in [9.17, 15) is 9.90 Å². The number of rotatable bonds is 1. The van der Waals surface area contributed by atoms with Crippen molar-refractivity contribution in [3.8, 4) is 16.9 Å². The van der Waals surface area contributed by atoms with Crippen LogP contribution >= 0.6 is 45.8 Å². The summed E-state index contributed by atoms with van der Waals surface area (Å²) in [4.78, 5) is 14.9. The fourth-order valence-electron chi connectivity index (χ4n) is 2.17. The fourth-order valence-corrected chi connectivity index (χ4v) is 3.03. The Labute approximate surface area is 192 Å². The van der Waals surface area contributed by atoms with E-state index in [-0.39, 0.29) is 62.7 Å². The molecular formula is C15H7Cl2IKNO2. The van der Waals surface area contributed by atoms with Crippen molar-refractivity contribution in [1.29, 1.82) is 0 Å². The topological polar surface area (TPSA) is 55.9 Å². The van der Waals surface area contributed by atoms with E-state index in [1.165, 1.54) is 0 Å². The summed E-state index contributed by atoms with van der Waals surface area (Å²) in [5.41, 5.74) is 0.424. The molecule has 2 aromatic carbocycles. The molecular weight excluding hydrogens is 463 g/mol. The largest absolute Gasteiger partial charge is 1.00 e. The Balaban J connectivity index is 0.00000176. The molecule has 106 valence electrons. The van der Waals surface area contributed by atoms with Crippen LogP contribution < -0.4 is 62.1 Å². The fraction of sp³-hybridized carbons (Fsp3) is 0. The van der Waals surface area contributed by atoms with Gasteiger partial charge in [0, 0.05) is 25.2 Å². The predicted octanol–water partition coefficient (Wildman–Crippen LogP) is 1.18. The Kier molecular flexibility index (Phi) is 6.41. The molecule has 3 nitrogen and oxygen atoms in total. The zero-order valence-corrected chi connectivity index (χ0v) is 18.2. The van der Waals surface area contributed by atoms with Crippen molar-refractivity contribution >= 4 is 56.7 Å². The second-order valence-electron chi connectivity index (χ2n) is 4.45. The number of aromatic amines is 1. The van der Waals surface area contributed by atoms with Gasteiger partial charge in [0.05, 0.1) is 5.02 Å².